The molecule has 0 radical (unpaired) electrons. The van der Waals surface area contributed by atoms with Crippen molar-refractivity contribution in [1.82, 2.24) is 20.1 Å². The van der Waals surface area contributed by atoms with Crippen LogP contribution in [0.3, 0.4) is 0 Å². The summed E-state index contributed by atoms with van der Waals surface area (Å²) in [4.78, 5) is 6.47. The summed E-state index contributed by atoms with van der Waals surface area (Å²) in [6.45, 7) is 4.13. The third-order valence-electron chi connectivity index (χ3n) is 3.04. The SMILES string of the molecule is Clc1nnc(Cl)c(NCCN2CCCCCC2)n1. The van der Waals surface area contributed by atoms with E-state index in [1.807, 2.05) is 0 Å². The van der Waals surface area contributed by atoms with Crippen LogP contribution < -0.4 is 5.32 Å². The van der Waals surface area contributed by atoms with E-state index in [4.69, 9.17) is 23.2 Å². The molecule has 0 spiro atoms. The summed E-state index contributed by atoms with van der Waals surface area (Å²) in [6.07, 6.45) is 5.28. The van der Waals surface area contributed by atoms with E-state index in [-0.39, 0.29) is 10.4 Å². The van der Waals surface area contributed by atoms with Crippen molar-refractivity contribution in [3.8, 4) is 0 Å². The van der Waals surface area contributed by atoms with Gasteiger partial charge < -0.3 is 10.2 Å². The van der Waals surface area contributed by atoms with Crippen LogP contribution in [-0.2, 0) is 0 Å². The summed E-state index contributed by atoms with van der Waals surface area (Å²) in [5, 5.41) is 10.8. The lowest BCUT2D eigenvalue weighted by Gasteiger charge is -2.19. The van der Waals surface area contributed by atoms with Gasteiger partial charge in [-0.3, -0.25) is 0 Å². The van der Waals surface area contributed by atoms with Gasteiger partial charge in [-0.05, 0) is 37.5 Å². The van der Waals surface area contributed by atoms with Gasteiger partial charge in [0.1, 0.15) is 0 Å². The molecule has 0 atom stereocenters. The summed E-state index contributed by atoms with van der Waals surface area (Å²) in [5.74, 6) is 0.506. The van der Waals surface area contributed by atoms with Crippen molar-refractivity contribution in [2.45, 2.75) is 25.7 Å². The van der Waals surface area contributed by atoms with E-state index in [9.17, 15) is 0 Å². The minimum atomic E-state index is 0.108. The van der Waals surface area contributed by atoms with Gasteiger partial charge in [-0.1, -0.05) is 24.4 Å². The zero-order chi connectivity index (χ0) is 12.8. The van der Waals surface area contributed by atoms with Gasteiger partial charge in [-0.2, -0.15) is 4.98 Å². The van der Waals surface area contributed by atoms with Gasteiger partial charge >= 0.3 is 0 Å². The molecule has 2 heterocycles. The molecule has 0 aromatic carbocycles. The van der Waals surface area contributed by atoms with Crippen LogP contribution in [0.1, 0.15) is 25.7 Å². The molecular weight excluding hydrogens is 273 g/mol. The van der Waals surface area contributed by atoms with Gasteiger partial charge in [-0.15, -0.1) is 10.2 Å². The second kappa shape index (κ2) is 7.07. The molecule has 1 aliphatic rings. The molecule has 1 aliphatic heterocycles. The highest BCUT2D eigenvalue weighted by Gasteiger charge is 2.09. The van der Waals surface area contributed by atoms with E-state index in [1.165, 1.54) is 38.8 Å². The number of halogens is 2. The third kappa shape index (κ3) is 4.23. The largest absolute Gasteiger partial charge is 0.366 e. The van der Waals surface area contributed by atoms with Crippen LogP contribution in [0.4, 0.5) is 5.82 Å². The van der Waals surface area contributed by atoms with Crippen molar-refractivity contribution in [2.24, 2.45) is 0 Å². The Hall–Kier alpha value is -0.650. The molecule has 1 fully saturated rings. The van der Waals surface area contributed by atoms with E-state index >= 15 is 0 Å². The highest BCUT2D eigenvalue weighted by Crippen LogP contribution is 2.16. The van der Waals surface area contributed by atoms with E-state index in [1.54, 1.807) is 0 Å². The molecule has 0 amide bonds. The van der Waals surface area contributed by atoms with Crippen LogP contribution >= 0.6 is 23.2 Å². The van der Waals surface area contributed by atoms with Crippen LogP contribution in [-0.4, -0.2) is 46.3 Å². The van der Waals surface area contributed by atoms with E-state index < -0.39 is 0 Å². The van der Waals surface area contributed by atoms with Crippen molar-refractivity contribution in [1.29, 1.82) is 0 Å². The Morgan fingerprint density at radius 2 is 1.78 bits per heavy atom. The topological polar surface area (TPSA) is 53.9 Å². The zero-order valence-electron chi connectivity index (χ0n) is 10.2. The average molecular weight is 290 g/mol. The molecule has 100 valence electrons. The molecule has 0 aliphatic carbocycles. The van der Waals surface area contributed by atoms with Gasteiger partial charge in [0, 0.05) is 13.1 Å². The van der Waals surface area contributed by atoms with Crippen molar-refractivity contribution in [3.05, 3.63) is 10.4 Å². The maximum Gasteiger partial charge on any atom is 0.245 e. The van der Waals surface area contributed by atoms with Gasteiger partial charge in [0.05, 0.1) is 0 Å². The lowest BCUT2D eigenvalue weighted by atomic mass is 10.2. The van der Waals surface area contributed by atoms with E-state index in [0.717, 1.165) is 13.1 Å². The smallest absolute Gasteiger partial charge is 0.245 e. The molecular formula is C11H17Cl2N5. The first-order chi connectivity index (χ1) is 8.75. The summed E-state index contributed by atoms with van der Waals surface area (Å²) in [6, 6.07) is 0. The molecule has 7 heteroatoms. The first kappa shape index (κ1) is 13.8. The Kier molecular flexibility index (Phi) is 5.41. The standard InChI is InChI=1S/C11H17Cl2N5/c12-9-10(15-11(13)17-16-9)14-5-8-18-6-3-1-2-4-7-18/h1-8H2,(H,14,15,17). The maximum atomic E-state index is 5.87. The minimum Gasteiger partial charge on any atom is -0.366 e. The van der Waals surface area contributed by atoms with Gasteiger partial charge in [0.2, 0.25) is 5.28 Å². The molecule has 2 rings (SSSR count). The number of likely N-dealkylation sites (tertiary alicyclic amines) is 1. The summed E-state index contributed by atoms with van der Waals surface area (Å²) >= 11 is 11.5. The molecule has 1 aromatic rings. The second-order valence-corrected chi connectivity index (χ2v) is 5.10. The Morgan fingerprint density at radius 1 is 1.06 bits per heavy atom. The van der Waals surface area contributed by atoms with Crippen LogP contribution in [0.2, 0.25) is 10.4 Å². The van der Waals surface area contributed by atoms with Crippen LogP contribution in [0, 0.1) is 0 Å². The van der Waals surface area contributed by atoms with Crippen molar-refractivity contribution >= 4 is 29.0 Å². The molecule has 5 nitrogen and oxygen atoms in total. The lowest BCUT2D eigenvalue weighted by molar-refractivity contribution is 0.296. The zero-order valence-corrected chi connectivity index (χ0v) is 11.7. The Balaban J connectivity index is 1.78. The number of anilines is 1. The first-order valence-corrected chi connectivity index (χ1v) is 7.03. The van der Waals surface area contributed by atoms with Crippen molar-refractivity contribution in [3.63, 3.8) is 0 Å². The molecule has 1 aromatic heterocycles. The highest BCUT2D eigenvalue weighted by molar-refractivity contribution is 6.32. The second-order valence-electron chi connectivity index (χ2n) is 4.40. The number of hydrogen-bond donors (Lipinski definition) is 1. The minimum absolute atomic E-state index is 0.108. The van der Waals surface area contributed by atoms with Gasteiger partial charge in [0.25, 0.3) is 0 Å². The Morgan fingerprint density at radius 3 is 2.50 bits per heavy atom. The fourth-order valence-corrected chi connectivity index (χ4v) is 2.37. The number of rotatable bonds is 4. The molecule has 0 unspecified atom stereocenters. The maximum absolute atomic E-state index is 5.87. The monoisotopic (exact) mass is 289 g/mol. The fourth-order valence-electron chi connectivity index (χ4n) is 2.10. The number of nitrogens with one attached hydrogen (secondary N) is 1. The normalized spacial score (nSPS) is 17.4. The van der Waals surface area contributed by atoms with Gasteiger partial charge in [-0.25, -0.2) is 0 Å². The fraction of sp³-hybridized carbons (Fsp3) is 0.727. The molecule has 0 bridgehead atoms. The van der Waals surface area contributed by atoms with E-state index in [0.29, 0.717) is 5.82 Å². The quantitative estimate of drug-likeness (QED) is 0.923. The van der Waals surface area contributed by atoms with Crippen LogP contribution in [0.25, 0.3) is 0 Å². The summed E-state index contributed by atoms with van der Waals surface area (Å²) in [5.41, 5.74) is 0. The van der Waals surface area contributed by atoms with Crippen LogP contribution in [0.5, 0.6) is 0 Å². The van der Waals surface area contributed by atoms with Gasteiger partial charge in [0.15, 0.2) is 11.0 Å². The predicted molar refractivity (Wildman–Crippen MR) is 73.2 cm³/mol. The number of nitrogens with zero attached hydrogens (tertiary/aromatic N) is 4. The number of hydrogen-bond acceptors (Lipinski definition) is 5. The molecule has 18 heavy (non-hydrogen) atoms. The average Bonchev–Trinajstić information content (AvgIpc) is 2.62. The van der Waals surface area contributed by atoms with Crippen molar-refractivity contribution in [2.75, 3.05) is 31.5 Å². The predicted octanol–water partition coefficient (Wildman–Crippen LogP) is 2.47. The van der Waals surface area contributed by atoms with Crippen molar-refractivity contribution < 1.29 is 0 Å². The molecule has 0 saturated carbocycles. The highest BCUT2D eigenvalue weighted by atomic mass is 35.5. The lowest BCUT2D eigenvalue weighted by Crippen LogP contribution is -2.30. The number of aromatic nitrogens is 3. The van der Waals surface area contributed by atoms with E-state index in [2.05, 4.69) is 25.4 Å². The Bertz CT molecular complexity index is 380. The Labute approximate surface area is 117 Å². The summed E-state index contributed by atoms with van der Waals surface area (Å²) in [7, 11) is 0. The summed E-state index contributed by atoms with van der Waals surface area (Å²) < 4.78 is 0. The molecule has 1 saturated heterocycles. The first-order valence-electron chi connectivity index (χ1n) is 6.27. The molecule has 1 N–H and O–H groups in total. The third-order valence-corrected chi connectivity index (χ3v) is 3.45. The van der Waals surface area contributed by atoms with Crippen LogP contribution in [0.15, 0.2) is 0 Å².